The number of esters is 1. The van der Waals surface area contributed by atoms with Crippen LogP contribution < -0.4 is 0 Å². The Hall–Kier alpha value is -3.74. The maximum absolute atomic E-state index is 12.4. The van der Waals surface area contributed by atoms with Gasteiger partial charge in [-0.2, -0.15) is 0 Å². The van der Waals surface area contributed by atoms with Crippen molar-refractivity contribution in [2.45, 2.75) is 12.8 Å². The van der Waals surface area contributed by atoms with Gasteiger partial charge in [0, 0.05) is 19.2 Å². The summed E-state index contributed by atoms with van der Waals surface area (Å²) in [6.07, 6.45) is 4.26. The molecule has 158 valence electrons. The number of benzene rings is 2. The van der Waals surface area contributed by atoms with Gasteiger partial charge in [0.2, 0.25) is 5.91 Å². The van der Waals surface area contributed by atoms with Crippen LogP contribution >= 0.6 is 0 Å². The summed E-state index contributed by atoms with van der Waals surface area (Å²) < 4.78 is 5.27. The molecule has 2 aromatic carbocycles. The lowest BCUT2D eigenvalue weighted by Crippen LogP contribution is -2.41. The summed E-state index contributed by atoms with van der Waals surface area (Å²) in [5.41, 5.74) is 1.58. The molecule has 0 aliphatic carbocycles. The number of fused-ring (bicyclic) bond motifs is 1. The van der Waals surface area contributed by atoms with Gasteiger partial charge in [-0.3, -0.25) is 19.2 Å². The smallest absolute Gasteiger partial charge is 0.310 e. The highest BCUT2D eigenvalue weighted by atomic mass is 16.5. The monoisotopic (exact) mass is 418 g/mol. The number of imide groups is 1. The van der Waals surface area contributed by atoms with Gasteiger partial charge in [-0.05, 0) is 36.6 Å². The van der Waals surface area contributed by atoms with E-state index in [0.29, 0.717) is 37.1 Å². The van der Waals surface area contributed by atoms with Crippen molar-refractivity contribution in [3.8, 4) is 0 Å². The van der Waals surface area contributed by atoms with Crippen LogP contribution in [0.1, 0.15) is 39.1 Å². The lowest BCUT2D eigenvalue weighted by Gasteiger charge is -2.30. The molecule has 0 radical (unpaired) electrons. The van der Waals surface area contributed by atoms with E-state index < -0.39 is 24.5 Å². The Kier molecular flexibility index (Phi) is 5.93. The van der Waals surface area contributed by atoms with Gasteiger partial charge in [0.05, 0.1) is 17.0 Å². The van der Waals surface area contributed by atoms with Crippen molar-refractivity contribution in [2.75, 3.05) is 19.8 Å². The number of carbonyl (C=O) groups excluding carboxylic acids is 4. The van der Waals surface area contributed by atoms with E-state index >= 15 is 0 Å². The summed E-state index contributed by atoms with van der Waals surface area (Å²) in [6, 6.07) is 16.1. The maximum atomic E-state index is 12.4. The molecule has 7 heteroatoms. The molecule has 0 N–H and O–H groups in total. The maximum Gasteiger partial charge on any atom is 0.310 e. The Balaban J connectivity index is 1.25. The molecular weight excluding hydrogens is 396 g/mol. The average Bonchev–Trinajstić information content (AvgIpc) is 3.06. The van der Waals surface area contributed by atoms with E-state index in [1.54, 1.807) is 35.2 Å². The normalized spacial score (nSPS) is 16.6. The standard InChI is InChI=1S/C24H22N2O5/c27-21(11-10-17-6-2-1-3-7-17)25-14-12-18(13-15-25)24(30)31-16-26-22(28)19-8-4-5-9-20(19)23(26)29/h1-11,18H,12-16H2/b11-10+. The van der Waals surface area contributed by atoms with Crippen LogP contribution in [0, 0.1) is 5.92 Å². The largest absolute Gasteiger partial charge is 0.443 e. The first-order valence-electron chi connectivity index (χ1n) is 10.2. The fourth-order valence-corrected chi connectivity index (χ4v) is 3.78. The summed E-state index contributed by atoms with van der Waals surface area (Å²) in [6.45, 7) is 0.500. The van der Waals surface area contributed by atoms with Gasteiger partial charge < -0.3 is 9.64 Å². The van der Waals surface area contributed by atoms with Crippen molar-refractivity contribution in [1.82, 2.24) is 9.80 Å². The molecule has 4 rings (SSSR count). The molecule has 0 aromatic heterocycles. The molecule has 0 spiro atoms. The summed E-state index contributed by atoms with van der Waals surface area (Å²) in [5, 5.41) is 0. The average molecular weight is 418 g/mol. The summed E-state index contributed by atoms with van der Waals surface area (Å²) in [7, 11) is 0. The zero-order valence-corrected chi connectivity index (χ0v) is 16.9. The van der Waals surface area contributed by atoms with Crippen molar-refractivity contribution in [2.24, 2.45) is 5.92 Å². The summed E-state index contributed by atoms with van der Waals surface area (Å²) in [5.74, 6) is -1.83. The summed E-state index contributed by atoms with van der Waals surface area (Å²) >= 11 is 0. The van der Waals surface area contributed by atoms with Crippen molar-refractivity contribution in [3.05, 3.63) is 77.4 Å². The molecule has 0 saturated carbocycles. The van der Waals surface area contributed by atoms with Gasteiger partial charge in [0.25, 0.3) is 11.8 Å². The van der Waals surface area contributed by atoms with E-state index in [0.717, 1.165) is 10.5 Å². The van der Waals surface area contributed by atoms with E-state index in [1.807, 2.05) is 30.3 Å². The second-order valence-electron chi connectivity index (χ2n) is 7.52. The van der Waals surface area contributed by atoms with Gasteiger partial charge >= 0.3 is 5.97 Å². The second-order valence-corrected chi connectivity index (χ2v) is 7.52. The molecule has 2 heterocycles. The minimum Gasteiger partial charge on any atom is -0.443 e. The first-order chi connectivity index (χ1) is 15.0. The van der Waals surface area contributed by atoms with Crippen molar-refractivity contribution in [1.29, 1.82) is 0 Å². The Morgan fingerprint density at radius 2 is 1.48 bits per heavy atom. The molecule has 31 heavy (non-hydrogen) atoms. The zero-order valence-electron chi connectivity index (χ0n) is 16.9. The molecule has 0 atom stereocenters. The van der Waals surface area contributed by atoms with Crippen LogP contribution in [0.5, 0.6) is 0 Å². The first-order valence-corrected chi connectivity index (χ1v) is 10.2. The first kappa shape index (κ1) is 20.5. The Morgan fingerprint density at radius 1 is 0.903 bits per heavy atom. The van der Waals surface area contributed by atoms with Gasteiger partial charge in [0.1, 0.15) is 0 Å². The molecule has 1 fully saturated rings. The van der Waals surface area contributed by atoms with Gasteiger partial charge in [-0.15, -0.1) is 0 Å². The minimum atomic E-state index is -0.459. The number of hydrogen-bond donors (Lipinski definition) is 0. The van der Waals surface area contributed by atoms with Crippen molar-refractivity contribution < 1.29 is 23.9 Å². The molecular formula is C24H22N2O5. The predicted molar refractivity (Wildman–Crippen MR) is 113 cm³/mol. The van der Waals surface area contributed by atoms with E-state index in [4.69, 9.17) is 4.74 Å². The van der Waals surface area contributed by atoms with Crippen molar-refractivity contribution >= 4 is 29.8 Å². The predicted octanol–water partition coefficient (Wildman–Crippen LogP) is 2.74. The molecule has 1 saturated heterocycles. The van der Waals surface area contributed by atoms with Crippen molar-refractivity contribution in [3.63, 3.8) is 0 Å². The molecule has 2 aliphatic rings. The Morgan fingerprint density at radius 3 is 2.10 bits per heavy atom. The quantitative estimate of drug-likeness (QED) is 0.424. The van der Waals surface area contributed by atoms with Crippen LogP contribution in [-0.4, -0.2) is 53.3 Å². The molecule has 0 unspecified atom stereocenters. The lowest BCUT2D eigenvalue weighted by atomic mass is 9.97. The number of nitrogens with zero attached hydrogens (tertiary/aromatic N) is 2. The highest BCUT2D eigenvalue weighted by Crippen LogP contribution is 2.23. The molecule has 3 amide bonds. The van der Waals surface area contributed by atoms with Crippen LogP contribution in [0.3, 0.4) is 0 Å². The minimum absolute atomic E-state index is 0.0957. The number of amides is 3. The van der Waals surface area contributed by atoms with Crippen LogP contribution in [0.4, 0.5) is 0 Å². The highest BCUT2D eigenvalue weighted by molar-refractivity contribution is 6.21. The SMILES string of the molecule is O=C(OCN1C(=O)c2ccccc2C1=O)C1CCN(C(=O)/C=C/c2ccccc2)CC1. The van der Waals surface area contributed by atoms with Crippen LogP contribution in [0.15, 0.2) is 60.7 Å². The molecule has 2 aliphatic heterocycles. The van der Waals surface area contributed by atoms with Gasteiger partial charge in [-0.1, -0.05) is 42.5 Å². The Labute approximate surface area is 179 Å². The van der Waals surface area contributed by atoms with Gasteiger partial charge in [0.15, 0.2) is 6.73 Å². The van der Waals surface area contributed by atoms with E-state index in [9.17, 15) is 19.2 Å². The number of piperidine rings is 1. The van der Waals surface area contributed by atoms with Crippen LogP contribution in [0.2, 0.25) is 0 Å². The lowest BCUT2D eigenvalue weighted by molar-refractivity contribution is -0.153. The second kappa shape index (κ2) is 8.95. The number of carbonyl (C=O) groups is 4. The fourth-order valence-electron chi connectivity index (χ4n) is 3.78. The zero-order chi connectivity index (χ0) is 21.8. The third-order valence-corrected chi connectivity index (χ3v) is 5.57. The van der Waals surface area contributed by atoms with E-state index in [-0.39, 0.29) is 11.8 Å². The molecule has 7 nitrogen and oxygen atoms in total. The molecule has 2 aromatic rings. The van der Waals surface area contributed by atoms with Crippen LogP contribution in [0.25, 0.3) is 6.08 Å². The molecule has 0 bridgehead atoms. The Bertz CT molecular complexity index is 1000. The number of hydrogen-bond acceptors (Lipinski definition) is 5. The number of likely N-dealkylation sites (tertiary alicyclic amines) is 1. The topological polar surface area (TPSA) is 84.0 Å². The third kappa shape index (κ3) is 4.40. The third-order valence-electron chi connectivity index (χ3n) is 5.57. The van der Waals surface area contributed by atoms with E-state index in [1.165, 1.54) is 6.08 Å². The van der Waals surface area contributed by atoms with E-state index in [2.05, 4.69) is 0 Å². The number of rotatable bonds is 5. The summed E-state index contributed by atoms with van der Waals surface area (Å²) in [4.78, 5) is 52.1. The van der Waals surface area contributed by atoms with Crippen LogP contribution in [-0.2, 0) is 14.3 Å². The highest BCUT2D eigenvalue weighted by Gasteiger charge is 2.36. The number of ether oxygens (including phenoxy) is 1. The van der Waals surface area contributed by atoms with Gasteiger partial charge in [-0.25, -0.2) is 4.90 Å². The fraction of sp³-hybridized carbons (Fsp3) is 0.250.